The molecule has 0 saturated carbocycles. The Morgan fingerprint density at radius 3 is 2.62 bits per heavy atom. The lowest BCUT2D eigenvalue weighted by molar-refractivity contribution is -0.148. The maximum atomic E-state index is 12.1. The van der Waals surface area contributed by atoms with E-state index in [0.717, 1.165) is 12.8 Å². The molecule has 1 fully saturated rings. The summed E-state index contributed by atoms with van der Waals surface area (Å²) in [5, 5.41) is 0.569. The van der Waals surface area contributed by atoms with Crippen molar-refractivity contribution in [2.75, 3.05) is 24.6 Å². The topological polar surface area (TPSA) is 63.7 Å². The van der Waals surface area contributed by atoms with Crippen LogP contribution in [-0.2, 0) is 9.53 Å². The summed E-state index contributed by atoms with van der Waals surface area (Å²) in [7, 11) is 0. The summed E-state index contributed by atoms with van der Waals surface area (Å²) in [4.78, 5) is 38.0. The van der Waals surface area contributed by atoms with E-state index in [9.17, 15) is 14.4 Å². The highest BCUT2D eigenvalue weighted by molar-refractivity contribution is 6.30. The number of benzene rings is 1. The molecule has 2 aromatic rings. The third-order valence-electron chi connectivity index (χ3n) is 4.38. The van der Waals surface area contributed by atoms with Crippen LogP contribution in [0.25, 0.3) is 11.1 Å². The minimum atomic E-state index is -0.482. The molecule has 0 radical (unpaired) electrons. The van der Waals surface area contributed by atoms with Gasteiger partial charge in [0.05, 0.1) is 18.1 Å². The second-order valence-corrected chi connectivity index (χ2v) is 6.36. The van der Waals surface area contributed by atoms with Gasteiger partial charge in [-0.05, 0) is 37.5 Å². The molecule has 126 valence electrons. The van der Waals surface area contributed by atoms with E-state index >= 15 is 0 Å². The summed E-state index contributed by atoms with van der Waals surface area (Å²) in [5.41, 5.74) is 0.546. The number of ether oxygens (including phenoxy) is 1. The smallest absolute Gasteiger partial charge is 0.310 e. The van der Waals surface area contributed by atoms with E-state index in [1.54, 1.807) is 31.2 Å². The number of rotatable bonds is 4. The second kappa shape index (κ2) is 6.77. The van der Waals surface area contributed by atoms with Crippen LogP contribution in [-0.4, -0.2) is 25.7 Å². The first-order valence-corrected chi connectivity index (χ1v) is 8.41. The molecule has 0 unspecified atom stereocenters. The summed E-state index contributed by atoms with van der Waals surface area (Å²) >= 11 is 5.88. The number of carbonyl (C=O) groups excluding carboxylic acids is 1. The molecule has 6 heteroatoms. The monoisotopic (exact) mass is 347 g/mol. The molecule has 0 N–H and O–H groups in total. The number of hydrogen-bond acceptors (Lipinski definition) is 5. The molecule has 0 aliphatic carbocycles. The van der Waals surface area contributed by atoms with E-state index in [4.69, 9.17) is 16.3 Å². The Bertz CT molecular complexity index is 821. The molecule has 0 bridgehead atoms. The van der Waals surface area contributed by atoms with Gasteiger partial charge < -0.3 is 9.64 Å². The van der Waals surface area contributed by atoms with Gasteiger partial charge >= 0.3 is 5.97 Å². The Labute approximate surface area is 144 Å². The minimum absolute atomic E-state index is 0.242. The van der Waals surface area contributed by atoms with Crippen molar-refractivity contribution in [2.24, 2.45) is 5.92 Å². The molecule has 1 heterocycles. The molecule has 1 saturated heterocycles. The first-order valence-electron chi connectivity index (χ1n) is 8.03. The third-order valence-corrected chi connectivity index (χ3v) is 4.63. The Morgan fingerprint density at radius 2 is 1.96 bits per heavy atom. The fourth-order valence-corrected chi connectivity index (χ4v) is 3.32. The van der Waals surface area contributed by atoms with Gasteiger partial charge in [0, 0.05) is 18.1 Å². The highest BCUT2D eigenvalue weighted by Crippen LogP contribution is 2.31. The van der Waals surface area contributed by atoms with Crippen LogP contribution in [0.2, 0.25) is 5.02 Å². The van der Waals surface area contributed by atoms with E-state index in [1.807, 2.05) is 4.90 Å². The average molecular weight is 348 g/mol. The van der Waals surface area contributed by atoms with Crippen molar-refractivity contribution in [1.29, 1.82) is 0 Å². The highest BCUT2D eigenvalue weighted by atomic mass is 35.5. The Balaban J connectivity index is 1.89. The summed E-state index contributed by atoms with van der Waals surface area (Å²) < 4.78 is 5.09. The molecular weight excluding hydrogens is 330 g/mol. The van der Waals surface area contributed by atoms with Gasteiger partial charge in [0.1, 0.15) is 5.69 Å². The number of esters is 1. The SMILES string of the molecule is CCOC(=O)[C@H]1CCCN(c2c(-c3ccc(Cl)cc3)c(=O)c2=O)C1. The molecule has 0 aromatic heterocycles. The summed E-state index contributed by atoms with van der Waals surface area (Å²) in [5.74, 6) is -0.505. The van der Waals surface area contributed by atoms with E-state index in [-0.39, 0.29) is 11.9 Å². The number of nitrogens with zero attached hydrogens (tertiary/aromatic N) is 1. The molecule has 0 spiro atoms. The van der Waals surface area contributed by atoms with Gasteiger partial charge in [0.25, 0.3) is 0 Å². The largest absolute Gasteiger partial charge is 0.466 e. The van der Waals surface area contributed by atoms with Gasteiger partial charge in [-0.15, -0.1) is 0 Å². The van der Waals surface area contributed by atoms with E-state index < -0.39 is 10.9 Å². The average Bonchev–Trinajstić information content (AvgIpc) is 2.60. The molecule has 3 rings (SSSR count). The maximum absolute atomic E-state index is 12.1. The maximum Gasteiger partial charge on any atom is 0.310 e. The van der Waals surface area contributed by atoms with Gasteiger partial charge in [-0.1, -0.05) is 23.7 Å². The lowest BCUT2D eigenvalue weighted by Crippen LogP contribution is -2.47. The van der Waals surface area contributed by atoms with Crippen LogP contribution in [0.5, 0.6) is 0 Å². The molecule has 1 aliphatic rings. The summed E-state index contributed by atoms with van der Waals surface area (Å²) in [6.07, 6.45) is 1.52. The van der Waals surface area contributed by atoms with Crippen molar-refractivity contribution in [3.05, 3.63) is 49.7 Å². The van der Waals surface area contributed by atoms with Crippen molar-refractivity contribution < 1.29 is 9.53 Å². The quantitative estimate of drug-likeness (QED) is 0.627. The molecule has 5 nitrogen and oxygen atoms in total. The van der Waals surface area contributed by atoms with Crippen molar-refractivity contribution in [3.63, 3.8) is 0 Å². The molecule has 1 aliphatic heterocycles. The van der Waals surface area contributed by atoms with Crippen molar-refractivity contribution in [1.82, 2.24) is 0 Å². The molecule has 1 atom stereocenters. The van der Waals surface area contributed by atoms with Gasteiger partial charge in [-0.3, -0.25) is 14.4 Å². The van der Waals surface area contributed by atoms with Gasteiger partial charge in [-0.2, -0.15) is 0 Å². The number of piperidine rings is 1. The molecule has 2 aromatic carbocycles. The summed E-state index contributed by atoms with van der Waals surface area (Å²) in [6.45, 7) is 3.17. The third kappa shape index (κ3) is 2.96. The Morgan fingerprint density at radius 1 is 1.25 bits per heavy atom. The van der Waals surface area contributed by atoms with Crippen molar-refractivity contribution in [3.8, 4) is 11.1 Å². The first-order chi connectivity index (χ1) is 11.5. The lowest BCUT2D eigenvalue weighted by Gasteiger charge is -2.34. The highest BCUT2D eigenvalue weighted by Gasteiger charge is 2.33. The van der Waals surface area contributed by atoms with Crippen LogP contribution in [0.3, 0.4) is 0 Å². The van der Waals surface area contributed by atoms with Gasteiger partial charge in [-0.25, -0.2) is 0 Å². The van der Waals surface area contributed by atoms with Gasteiger partial charge in [0.2, 0.25) is 10.9 Å². The van der Waals surface area contributed by atoms with Crippen LogP contribution < -0.4 is 15.8 Å². The number of halogens is 1. The van der Waals surface area contributed by atoms with Gasteiger partial charge in [0.15, 0.2) is 0 Å². The zero-order valence-electron chi connectivity index (χ0n) is 13.4. The van der Waals surface area contributed by atoms with Crippen molar-refractivity contribution >= 4 is 23.3 Å². The standard InChI is InChI=1S/C18H18ClNO4/c1-2-24-18(23)12-4-3-9-20(10-12)15-14(16(21)17(15)22)11-5-7-13(19)8-6-11/h5-8,12H,2-4,9-10H2,1H3/t12-/m0/s1. The predicted octanol–water partition coefficient (Wildman–Crippen LogP) is 2.38. The molecular formula is C18H18ClNO4. The Kier molecular flexibility index (Phi) is 4.71. The van der Waals surface area contributed by atoms with Crippen LogP contribution in [0.4, 0.5) is 5.69 Å². The van der Waals surface area contributed by atoms with E-state index in [1.165, 1.54) is 0 Å². The van der Waals surface area contributed by atoms with Crippen LogP contribution >= 0.6 is 11.6 Å². The fraction of sp³-hybridized carbons (Fsp3) is 0.389. The van der Waals surface area contributed by atoms with Crippen LogP contribution in [0, 0.1) is 5.92 Å². The first kappa shape index (κ1) is 16.7. The zero-order valence-corrected chi connectivity index (χ0v) is 14.1. The fourth-order valence-electron chi connectivity index (χ4n) is 3.20. The Hall–Kier alpha value is -2.14. The summed E-state index contributed by atoms with van der Waals surface area (Å²) in [6, 6.07) is 6.84. The minimum Gasteiger partial charge on any atom is -0.466 e. The van der Waals surface area contributed by atoms with E-state index in [0.29, 0.717) is 41.5 Å². The number of carbonyl (C=O) groups is 1. The van der Waals surface area contributed by atoms with Crippen LogP contribution in [0.15, 0.2) is 33.9 Å². The molecule has 24 heavy (non-hydrogen) atoms. The lowest BCUT2D eigenvalue weighted by atomic mass is 9.93. The van der Waals surface area contributed by atoms with E-state index in [2.05, 4.69) is 0 Å². The van der Waals surface area contributed by atoms with Crippen LogP contribution in [0.1, 0.15) is 19.8 Å². The normalized spacial score (nSPS) is 17.9. The second-order valence-electron chi connectivity index (χ2n) is 5.93. The predicted molar refractivity (Wildman–Crippen MR) is 93.4 cm³/mol. The van der Waals surface area contributed by atoms with Crippen molar-refractivity contribution in [2.45, 2.75) is 19.8 Å². The number of hydrogen-bond donors (Lipinski definition) is 0. The number of anilines is 1. The zero-order chi connectivity index (χ0) is 17.3. The molecule has 0 amide bonds.